The molecule has 1 aliphatic heterocycles. The van der Waals surface area contributed by atoms with Crippen molar-refractivity contribution in [2.24, 2.45) is 5.41 Å². The van der Waals surface area contributed by atoms with Crippen LogP contribution in [0.25, 0.3) is 10.9 Å². The third-order valence-electron chi connectivity index (χ3n) is 4.45. The Morgan fingerprint density at radius 3 is 2.85 bits per heavy atom. The highest BCUT2D eigenvalue weighted by molar-refractivity contribution is 5.84. The van der Waals surface area contributed by atoms with Gasteiger partial charge in [0.15, 0.2) is 0 Å². The molecule has 1 aromatic carbocycles. The van der Waals surface area contributed by atoms with Crippen LogP contribution in [-0.2, 0) is 13.0 Å². The van der Waals surface area contributed by atoms with E-state index in [2.05, 4.69) is 54.9 Å². The van der Waals surface area contributed by atoms with Crippen molar-refractivity contribution in [1.29, 1.82) is 0 Å². The van der Waals surface area contributed by atoms with E-state index in [0.29, 0.717) is 6.04 Å². The molecule has 0 radical (unpaired) electrons. The van der Waals surface area contributed by atoms with Crippen molar-refractivity contribution in [3.63, 3.8) is 0 Å². The average Bonchev–Trinajstić information content (AvgIpc) is 2.77. The Morgan fingerprint density at radius 2 is 2.10 bits per heavy atom. The standard InChI is InChI=1S/C17H24N2O/c1-12-8-14-13-6-4-5-7-15(13)18-16(14)9-19(12)10-17(2,3)11-20/h4-7,12,18,20H,8-11H2,1-3H3/t12-/m1/s1. The predicted molar refractivity (Wildman–Crippen MR) is 82.7 cm³/mol. The van der Waals surface area contributed by atoms with Crippen LogP contribution >= 0.6 is 0 Å². The van der Waals surface area contributed by atoms with Crippen molar-refractivity contribution in [3.05, 3.63) is 35.5 Å². The second kappa shape index (κ2) is 4.90. The van der Waals surface area contributed by atoms with Crippen molar-refractivity contribution in [1.82, 2.24) is 9.88 Å². The van der Waals surface area contributed by atoms with Crippen LogP contribution < -0.4 is 0 Å². The second-order valence-electron chi connectivity index (χ2n) is 6.91. The maximum Gasteiger partial charge on any atom is 0.0494 e. The molecular formula is C17H24N2O. The van der Waals surface area contributed by atoms with Gasteiger partial charge in [0.25, 0.3) is 0 Å². The Bertz CT molecular complexity index is 614. The van der Waals surface area contributed by atoms with Gasteiger partial charge < -0.3 is 10.1 Å². The normalized spacial score (nSPS) is 20.3. The molecule has 0 unspecified atom stereocenters. The fourth-order valence-corrected chi connectivity index (χ4v) is 3.22. The summed E-state index contributed by atoms with van der Waals surface area (Å²) in [7, 11) is 0. The van der Waals surface area contributed by atoms with Crippen LogP contribution in [0.3, 0.4) is 0 Å². The highest BCUT2D eigenvalue weighted by atomic mass is 16.3. The summed E-state index contributed by atoms with van der Waals surface area (Å²) in [4.78, 5) is 6.05. The first-order valence-electron chi connectivity index (χ1n) is 7.43. The fraction of sp³-hybridized carbons (Fsp3) is 0.529. The average molecular weight is 272 g/mol. The quantitative estimate of drug-likeness (QED) is 0.901. The van der Waals surface area contributed by atoms with Crippen LogP contribution in [-0.4, -0.2) is 34.2 Å². The third-order valence-corrected chi connectivity index (χ3v) is 4.45. The Labute approximate surface area is 120 Å². The number of nitrogens with zero attached hydrogens (tertiary/aromatic N) is 1. The SMILES string of the molecule is C[C@@H]1Cc2c([nH]c3ccccc23)CN1CC(C)(C)CO. The monoisotopic (exact) mass is 272 g/mol. The van der Waals surface area contributed by atoms with Gasteiger partial charge in [-0.05, 0) is 25.0 Å². The number of aromatic nitrogens is 1. The molecule has 108 valence electrons. The summed E-state index contributed by atoms with van der Waals surface area (Å²) in [6, 6.07) is 9.08. The number of hydrogen-bond donors (Lipinski definition) is 2. The van der Waals surface area contributed by atoms with Crippen molar-refractivity contribution in [3.8, 4) is 0 Å². The van der Waals surface area contributed by atoms with Crippen LogP contribution in [0.15, 0.2) is 24.3 Å². The molecule has 2 aromatic rings. The zero-order valence-electron chi connectivity index (χ0n) is 12.6. The van der Waals surface area contributed by atoms with Crippen LogP contribution in [0.2, 0.25) is 0 Å². The molecule has 3 heteroatoms. The van der Waals surface area contributed by atoms with E-state index < -0.39 is 0 Å². The van der Waals surface area contributed by atoms with Crippen LogP contribution in [0.5, 0.6) is 0 Å². The van der Waals surface area contributed by atoms with Gasteiger partial charge in [-0.3, -0.25) is 4.90 Å². The van der Waals surface area contributed by atoms with Gasteiger partial charge in [0.05, 0.1) is 0 Å². The van der Waals surface area contributed by atoms with Crippen molar-refractivity contribution >= 4 is 10.9 Å². The Morgan fingerprint density at radius 1 is 1.35 bits per heavy atom. The number of para-hydroxylation sites is 1. The molecule has 0 bridgehead atoms. The lowest BCUT2D eigenvalue weighted by Gasteiger charge is -2.38. The molecule has 0 amide bonds. The van der Waals surface area contributed by atoms with Gasteiger partial charge in [0.1, 0.15) is 0 Å². The van der Waals surface area contributed by atoms with Gasteiger partial charge in [-0.15, -0.1) is 0 Å². The number of aliphatic hydroxyl groups is 1. The van der Waals surface area contributed by atoms with E-state index in [9.17, 15) is 5.11 Å². The Balaban J connectivity index is 1.90. The van der Waals surface area contributed by atoms with Gasteiger partial charge in [-0.25, -0.2) is 0 Å². The number of H-pyrrole nitrogens is 1. The maximum atomic E-state index is 9.49. The molecule has 20 heavy (non-hydrogen) atoms. The largest absolute Gasteiger partial charge is 0.396 e. The lowest BCUT2D eigenvalue weighted by atomic mass is 9.90. The molecule has 2 N–H and O–H groups in total. The number of aromatic amines is 1. The van der Waals surface area contributed by atoms with E-state index in [4.69, 9.17) is 0 Å². The molecular weight excluding hydrogens is 248 g/mol. The summed E-state index contributed by atoms with van der Waals surface area (Å²) in [5.74, 6) is 0. The number of hydrogen-bond acceptors (Lipinski definition) is 2. The molecule has 0 aliphatic carbocycles. The second-order valence-corrected chi connectivity index (χ2v) is 6.91. The summed E-state index contributed by atoms with van der Waals surface area (Å²) in [6.45, 7) is 8.66. The van der Waals surface area contributed by atoms with Gasteiger partial charge in [-0.2, -0.15) is 0 Å². The first-order valence-corrected chi connectivity index (χ1v) is 7.43. The van der Waals surface area contributed by atoms with Gasteiger partial charge in [-0.1, -0.05) is 32.0 Å². The molecule has 3 nitrogen and oxygen atoms in total. The minimum Gasteiger partial charge on any atom is -0.396 e. The molecule has 1 aliphatic rings. The first-order chi connectivity index (χ1) is 9.50. The zero-order chi connectivity index (χ0) is 14.3. The number of aliphatic hydroxyl groups excluding tert-OH is 1. The smallest absolute Gasteiger partial charge is 0.0494 e. The van der Waals surface area contributed by atoms with Gasteiger partial charge in [0.2, 0.25) is 0 Å². The molecule has 1 atom stereocenters. The summed E-state index contributed by atoms with van der Waals surface area (Å²) in [6.07, 6.45) is 1.08. The predicted octanol–water partition coefficient (Wildman–Crippen LogP) is 2.93. The van der Waals surface area contributed by atoms with E-state index in [-0.39, 0.29) is 12.0 Å². The number of fused-ring (bicyclic) bond motifs is 3. The number of nitrogens with one attached hydrogen (secondary N) is 1. The molecule has 0 fully saturated rings. The third kappa shape index (κ3) is 2.36. The minimum atomic E-state index is -0.0439. The molecule has 3 rings (SSSR count). The van der Waals surface area contributed by atoms with Gasteiger partial charge in [0, 0.05) is 47.8 Å². The molecule has 0 saturated carbocycles. The topological polar surface area (TPSA) is 39.3 Å². The molecule has 0 spiro atoms. The first kappa shape index (κ1) is 13.7. The fourth-order valence-electron chi connectivity index (χ4n) is 3.22. The summed E-state index contributed by atoms with van der Waals surface area (Å²) in [5.41, 5.74) is 4.02. The highest BCUT2D eigenvalue weighted by Crippen LogP contribution is 2.31. The number of rotatable bonds is 3. The Kier molecular flexibility index (Phi) is 3.35. The lowest BCUT2D eigenvalue weighted by molar-refractivity contribution is 0.0720. The Hall–Kier alpha value is -1.32. The lowest BCUT2D eigenvalue weighted by Crippen LogP contribution is -2.44. The van der Waals surface area contributed by atoms with Crippen LogP contribution in [0.1, 0.15) is 32.0 Å². The van der Waals surface area contributed by atoms with E-state index in [0.717, 1.165) is 19.5 Å². The molecule has 2 heterocycles. The minimum absolute atomic E-state index is 0.0439. The van der Waals surface area contributed by atoms with E-state index in [1.165, 1.54) is 22.2 Å². The highest BCUT2D eigenvalue weighted by Gasteiger charge is 2.30. The molecule has 1 aromatic heterocycles. The van der Waals surface area contributed by atoms with Crippen molar-refractivity contribution in [2.75, 3.05) is 13.2 Å². The summed E-state index contributed by atoms with van der Waals surface area (Å²) >= 11 is 0. The summed E-state index contributed by atoms with van der Waals surface area (Å²) in [5, 5.41) is 10.9. The van der Waals surface area contributed by atoms with Crippen LogP contribution in [0.4, 0.5) is 0 Å². The van der Waals surface area contributed by atoms with Gasteiger partial charge >= 0.3 is 0 Å². The zero-order valence-corrected chi connectivity index (χ0v) is 12.6. The van der Waals surface area contributed by atoms with Crippen molar-refractivity contribution < 1.29 is 5.11 Å². The van der Waals surface area contributed by atoms with Crippen LogP contribution in [0, 0.1) is 5.41 Å². The molecule has 0 saturated heterocycles. The number of benzene rings is 1. The maximum absolute atomic E-state index is 9.49. The van der Waals surface area contributed by atoms with E-state index in [1.54, 1.807) is 0 Å². The summed E-state index contributed by atoms with van der Waals surface area (Å²) < 4.78 is 0. The van der Waals surface area contributed by atoms with E-state index >= 15 is 0 Å². The van der Waals surface area contributed by atoms with Crippen molar-refractivity contribution in [2.45, 2.75) is 39.8 Å². The van der Waals surface area contributed by atoms with E-state index in [1.807, 2.05) is 0 Å².